The molecule has 1 aromatic rings. The minimum atomic E-state index is -0.984. The van der Waals surface area contributed by atoms with Crippen molar-refractivity contribution in [3.8, 4) is 11.5 Å². The largest absolute Gasteiger partial charge is 0.508 e. The van der Waals surface area contributed by atoms with Gasteiger partial charge in [0.2, 0.25) is 0 Å². The van der Waals surface area contributed by atoms with Crippen molar-refractivity contribution >= 4 is 22.8 Å². The van der Waals surface area contributed by atoms with E-state index >= 15 is 0 Å². The van der Waals surface area contributed by atoms with E-state index in [2.05, 4.69) is 4.99 Å². The summed E-state index contributed by atoms with van der Waals surface area (Å²) in [4.78, 5) is 14.7. The van der Waals surface area contributed by atoms with Crippen LogP contribution in [0.3, 0.4) is 0 Å². The number of rotatable bonds is 2. The van der Waals surface area contributed by atoms with Crippen molar-refractivity contribution < 1.29 is 20.1 Å². The van der Waals surface area contributed by atoms with Gasteiger partial charge in [0.15, 0.2) is 6.04 Å². The molecule has 3 N–H and O–H groups in total. The van der Waals surface area contributed by atoms with Gasteiger partial charge in [-0.25, -0.2) is 4.79 Å². The topological polar surface area (TPSA) is 90.1 Å². The van der Waals surface area contributed by atoms with Gasteiger partial charge in [-0.2, -0.15) is 0 Å². The molecule has 0 bridgehead atoms. The number of aliphatic carboxylic acids is 1. The highest BCUT2D eigenvalue weighted by Gasteiger charge is 2.26. The second-order valence-electron chi connectivity index (χ2n) is 3.30. The van der Waals surface area contributed by atoms with Crippen molar-refractivity contribution in [1.29, 1.82) is 0 Å². The van der Waals surface area contributed by atoms with Gasteiger partial charge in [-0.3, -0.25) is 4.99 Å². The number of phenols is 2. The van der Waals surface area contributed by atoms with Gasteiger partial charge in [-0.1, -0.05) is 0 Å². The predicted octanol–water partition coefficient (Wildman–Crippen LogP) is 1.04. The second-order valence-corrected chi connectivity index (χ2v) is 4.31. The average molecular weight is 239 g/mol. The summed E-state index contributed by atoms with van der Waals surface area (Å²) in [6.45, 7) is 0. The molecular weight excluding hydrogens is 230 g/mol. The first-order valence-corrected chi connectivity index (χ1v) is 5.52. The fraction of sp³-hybridized carbons (Fsp3) is 0.200. The molecule has 16 heavy (non-hydrogen) atoms. The molecule has 0 aliphatic carbocycles. The Hall–Kier alpha value is -1.69. The summed E-state index contributed by atoms with van der Waals surface area (Å²) in [7, 11) is 0. The van der Waals surface area contributed by atoms with Gasteiger partial charge >= 0.3 is 5.97 Å². The lowest BCUT2D eigenvalue weighted by Crippen LogP contribution is -2.17. The molecule has 6 heteroatoms. The number of nitrogens with zero attached hydrogens (tertiary/aromatic N) is 1. The molecule has 5 nitrogen and oxygen atoms in total. The first-order chi connectivity index (χ1) is 7.58. The number of hydrogen-bond donors (Lipinski definition) is 3. The van der Waals surface area contributed by atoms with E-state index < -0.39 is 12.0 Å². The van der Waals surface area contributed by atoms with Crippen molar-refractivity contribution in [3.63, 3.8) is 0 Å². The van der Waals surface area contributed by atoms with E-state index in [4.69, 9.17) is 5.11 Å². The smallest absolute Gasteiger partial charge is 0.329 e. The third-order valence-electron chi connectivity index (χ3n) is 2.15. The highest BCUT2D eigenvalue weighted by atomic mass is 32.2. The van der Waals surface area contributed by atoms with E-state index in [9.17, 15) is 15.0 Å². The highest BCUT2D eigenvalue weighted by Crippen LogP contribution is 2.30. The standard InChI is InChI=1S/C10H9NO4S/c12-5-1-2-8(13)6(3-5)9-11-7(4-16-9)10(14)15/h1-3,7,12-13H,4H2,(H,14,15). The molecule has 84 valence electrons. The monoisotopic (exact) mass is 239 g/mol. The molecule has 0 fully saturated rings. The number of carbonyl (C=O) groups is 1. The maximum Gasteiger partial charge on any atom is 0.329 e. The third kappa shape index (κ3) is 1.96. The third-order valence-corrected chi connectivity index (χ3v) is 3.23. The molecule has 1 atom stereocenters. The summed E-state index contributed by atoms with van der Waals surface area (Å²) in [5, 5.41) is 28.1. The molecule has 0 spiro atoms. The summed E-state index contributed by atoms with van der Waals surface area (Å²) >= 11 is 1.25. The summed E-state index contributed by atoms with van der Waals surface area (Å²) in [5.41, 5.74) is 0.369. The van der Waals surface area contributed by atoms with Gasteiger partial charge in [0.1, 0.15) is 16.5 Å². The second kappa shape index (κ2) is 4.05. The molecule has 0 saturated heterocycles. The molecule has 1 heterocycles. The SMILES string of the molecule is O=C(O)C1CSC(c2cc(O)ccc2O)=N1. The van der Waals surface area contributed by atoms with E-state index in [1.165, 1.54) is 30.0 Å². The maximum atomic E-state index is 10.7. The van der Waals surface area contributed by atoms with Gasteiger partial charge in [0.25, 0.3) is 0 Å². The van der Waals surface area contributed by atoms with E-state index in [0.717, 1.165) is 0 Å². The summed E-state index contributed by atoms with van der Waals surface area (Å²) < 4.78 is 0. The molecular formula is C10H9NO4S. The Morgan fingerprint density at radius 1 is 1.44 bits per heavy atom. The van der Waals surface area contributed by atoms with Crippen LogP contribution < -0.4 is 0 Å². The maximum absolute atomic E-state index is 10.7. The lowest BCUT2D eigenvalue weighted by Gasteiger charge is -2.03. The fourth-order valence-electron chi connectivity index (χ4n) is 1.34. The number of hydrogen-bond acceptors (Lipinski definition) is 5. The zero-order valence-electron chi connectivity index (χ0n) is 8.12. The zero-order valence-corrected chi connectivity index (χ0v) is 8.94. The minimum absolute atomic E-state index is 0.00914. The van der Waals surface area contributed by atoms with Crippen LogP contribution in [0.2, 0.25) is 0 Å². The van der Waals surface area contributed by atoms with Gasteiger partial charge < -0.3 is 15.3 Å². The molecule has 1 aromatic carbocycles. The van der Waals surface area contributed by atoms with Crippen LogP contribution in [0.25, 0.3) is 0 Å². The van der Waals surface area contributed by atoms with Crippen molar-refractivity contribution in [2.45, 2.75) is 6.04 Å². The number of carboxylic acids is 1. The normalized spacial score (nSPS) is 19.5. The van der Waals surface area contributed by atoms with Gasteiger partial charge in [-0.05, 0) is 18.2 Å². The zero-order chi connectivity index (χ0) is 11.7. The Morgan fingerprint density at radius 3 is 2.81 bits per heavy atom. The molecule has 1 unspecified atom stereocenters. The summed E-state index contributed by atoms with van der Waals surface area (Å²) in [6.07, 6.45) is 0. The number of thioether (sulfide) groups is 1. The van der Waals surface area contributed by atoms with Crippen LogP contribution in [0.5, 0.6) is 11.5 Å². The summed E-state index contributed by atoms with van der Waals surface area (Å²) in [6, 6.07) is 3.29. The number of benzene rings is 1. The molecule has 1 aliphatic heterocycles. The van der Waals surface area contributed by atoms with Crippen LogP contribution in [0.1, 0.15) is 5.56 Å². The molecule has 2 rings (SSSR count). The van der Waals surface area contributed by atoms with E-state index in [1.807, 2.05) is 0 Å². The Balaban J connectivity index is 2.35. The number of aliphatic imine (C=N–C) groups is 1. The number of aromatic hydroxyl groups is 2. The van der Waals surface area contributed by atoms with Gasteiger partial charge in [0, 0.05) is 5.75 Å². The van der Waals surface area contributed by atoms with Gasteiger partial charge in [0.05, 0.1) is 5.56 Å². The lowest BCUT2D eigenvalue weighted by molar-refractivity contribution is -0.137. The van der Waals surface area contributed by atoms with E-state index in [1.54, 1.807) is 0 Å². The minimum Gasteiger partial charge on any atom is -0.508 e. The first kappa shape index (κ1) is 10.8. The fourth-order valence-corrected chi connectivity index (χ4v) is 2.40. The van der Waals surface area contributed by atoms with Gasteiger partial charge in [-0.15, -0.1) is 11.8 Å². The molecule has 0 radical (unpaired) electrons. The van der Waals surface area contributed by atoms with Crippen molar-refractivity contribution in [2.75, 3.05) is 5.75 Å². The highest BCUT2D eigenvalue weighted by molar-refractivity contribution is 8.14. The Labute approximate surface area is 95.4 Å². The molecule has 1 aliphatic rings. The van der Waals surface area contributed by atoms with Crippen molar-refractivity contribution in [1.82, 2.24) is 0 Å². The molecule has 0 aromatic heterocycles. The van der Waals surface area contributed by atoms with Crippen molar-refractivity contribution in [3.05, 3.63) is 23.8 Å². The van der Waals surface area contributed by atoms with Crippen LogP contribution >= 0.6 is 11.8 Å². The predicted molar refractivity (Wildman–Crippen MR) is 60.2 cm³/mol. The Bertz CT molecular complexity index is 472. The Morgan fingerprint density at radius 2 is 2.19 bits per heavy atom. The lowest BCUT2D eigenvalue weighted by atomic mass is 10.2. The first-order valence-electron chi connectivity index (χ1n) is 4.53. The summed E-state index contributed by atoms with van der Waals surface area (Å²) in [5.74, 6) is -0.646. The van der Waals surface area contributed by atoms with Crippen LogP contribution in [0.15, 0.2) is 23.2 Å². The average Bonchev–Trinajstić information content (AvgIpc) is 2.70. The van der Waals surface area contributed by atoms with Crippen molar-refractivity contribution in [2.24, 2.45) is 4.99 Å². The van der Waals surface area contributed by atoms with E-state index in [0.29, 0.717) is 16.4 Å². The van der Waals surface area contributed by atoms with E-state index in [-0.39, 0.29) is 11.5 Å². The van der Waals surface area contributed by atoms with Crippen LogP contribution in [0, 0.1) is 0 Å². The van der Waals surface area contributed by atoms with Crippen LogP contribution in [0.4, 0.5) is 0 Å². The van der Waals surface area contributed by atoms with Crippen LogP contribution in [-0.2, 0) is 4.79 Å². The Kier molecular flexibility index (Phi) is 2.74. The molecule has 0 amide bonds. The quantitative estimate of drug-likeness (QED) is 0.671. The number of carboxylic acid groups (broad SMARTS) is 1. The molecule has 0 saturated carbocycles. The van der Waals surface area contributed by atoms with Crippen LogP contribution in [-0.4, -0.2) is 38.1 Å². The number of phenolic OH excluding ortho intramolecular Hbond substituents is 2.